The average Bonchev–Trinajstić information content (AvgIpc) is 3.35. The van der Waals surface area contributed by atoms with E-state index in [2.05, 4.69) is 0 Å². The highest BCUT2D eigenvalue weighted by Crippen LogP contribution is 2.58. The van der Waals surface area contributed by atoms with Crippen LogP contribution in [0, 0.1) is 11.8 Å². The van der Waals surface area contributed by atoms with Gasteiger partial charge >= 0.3 is 5.97 Å². The van der Waals surface area contributed by atoms with Crippen LogP contribution in [0.5, 0.6) is 0 Å². The van der Waals surface area contributed by atoms with Crippen molar-refractivity contribution < 1.29 is 29.0 Å². The summed E-state index contributed by atoms with van der Waals surface area (Å²) >= 11 is 0. The van der Waals surface area contributed by atoms with Crippen molar-refractivity contribution in [2.24, 2.45) is 11.8 Å². The third-order valence-corrected chi connectivity index (χ3v) is 9.19. The molecule has 0 saturated carbocycles. The van der Waals surface area contributed by atoms with Gasteiger partial charge in [-0.25, -0.2) is 0 Å². The van der Waals surface area contributed by atoms with E-state index in [1.54, 1.807) is 4.90 Å². The largest absolute Gasteiger partial charge is 0.465 e. The molecular formula is C32H36N2O6. The van der Waals surface area contributed by atoms with Gasteiger partial charge in [0.05, 0.1) is 25.2 Å². The van der Waals surface area contributed by atoms with E-state index in [4.69, 9.17) is 9.47 Å². The molecular weight excluding hydrogens is 508 g/mol. The molecule has 0 bridgehead atoms. The number of amides is 2. The fourth-order valence-electron chi connectivity index (χ4n) is 7.20. The highest BCUT2D eigenvalue weighted by atomic mass is 16.6. The first-order chi connectivity index (χ1) is 19.4. The molecule has 2 fully saturated rings. The van der Waals surface area contributed by atoms with E-state index in [0.29, 0.717) is 24.9 Å². The quantitative estimate of drug-likeness (QED) is 0.455. The Morgan fingerprint density at radius 1 is 1.00 bits per heavy atom. The first kappa shape index (κ1) is 26.7. The van der Waals surface area contributed by atoms with Crippen molar-refractivity contribution in [1.29, 1.82) is 0 Å². The minimum Gasteiger partial charge on any atom is -0.465 e. The summed E-state index contributed by atoms with van der Waals surface area (Å²) in [6, 6.07) is 12.2. The number of allylic oxidation sites excluding steroid dienone is 1. The Kier molecular flexibility index (Phi) is 6.79. The third-order valence-electron chi connectivity index (χ3n) is 9.19. The van der Waals surface area contributed by atoms with Crippen LogP contribution in [-0.4, -0.2) is 70.8 Å². The van der Waals surface area contributed by atoms with Crippen LogP contribution >= 0.6 is 0 Å². The van der Waals surface area contributed by atoms with Crippen LogP contribution in [0.1, 0.15) is 39.5 Å². The van der Waals surface area contributed by atoms with Crippen molar-refractivity contribution in [1.82, 2.24) is 4.90 Å². The van der Waals surface area contributed by atoms with Gasteiger partial charge in [-0.15, -0.1) is 0 Å². The number of rotatable bonds is 5. The monoisotopic (exact) mass is 544 g/mol. The number of carbonyl (C=O) groups is 3. The zero-order valence-electron chi connectivity index (χ0n) is 23.0. The summed E-state index contributed by atoms with van der Waals surface area (Å²) in [6.45, 7) is 4.06. The van der Waals surface area contributed by atoms with Crippen LogP contribution in [0.3, 0.4) is 0 Å². The van der Waals surface area contributed by atoms with Crippen LogP contribution in [0.15, 0.2) is 66.8 Å². The molecule has 4 aliphatic rings. The number of benzene rings is 2. The van der Waals surface area contributed by atoms with Gasteiger partial charge in [0.15, 0.2) is 0 Å². The van der Waals surface area contributed by atoms with E-state index in [0.717, 1.165) is 17.2 Å². The molecule has 40 heavy (non-hydrogen) atoms. The van der Waals surface area contributed by atoms with Crippen LogP contribution in [0.2, 0.25) is 0 Å². The molecule has 8 nitrogen and oxygen atoms in total. The predicted molar refractivity (Wildman–Crippen MR) is 150 cm³/mol. The van der Waals surface area contributed by atoms with Crippen LogP contribution in [-0.2, 0) is 23.9 Å². The first-order valence-electron chi connectivity index (χ1n) is 14.4. The molecule has 1 unspecified atom stereocenters. The molecule has 0 aromatic heterocycles. The highest BCUT2D eigenvalue weighted by molar-refractivity contribution is 6.06. The molecule has 6 atom stereocenters. The lowest BCUT2D eigenvalue weighted by molar-refractivity contribution is -0.161. The van der Waals surface area contributed by atoms with Crippen LogP contribution in [0.4, 0.5) is 5.69 Å². The topological polar surface area (TPSA) is 96.4 Å². The average molecular weight is 545 g/mol. The maximum atomic E-state index is 14.7. The van der Waals surface area contributed by atoms with E-state index >= 15 is 0 Å². The van der Waals surface area contributed by atoms with Crippen LogP contribution in [0.25, 0.3) is 10.8 Å². The van der Waals surface area contributed by atoms with Crippen molar-refractivity contribution in [3.8, 4) is 0 Å². The molecule has 0 aliphatic carbocycles. The second kappa shape index (κ2) is 10.2. The smallest absolute Gasteiger partial charge is 0.313 e. The number of carbonyl (C=O) groups excluding carboxylic acids is 3. The van der Waals surface area contributed by atoms with Gasteiger partial charge in [-0.2, -0.15) is 0 Å². The number of anilines is 1. The van der Waals surface area contributed by atoms with Crippen LogP contribution < -0.4 is 4.90 Å². The number of ether oxygens (including phenoxy) is 2. The van der Waals surface area contributed by atoms with E-state index in [1.165, 1.54) is 4.90 Å². The number of esters is 1. The molecule has 4 aliphatic heterocycles. The lowest BCUT2D eigenvalue weighted by Gasteiger charge is -2.40. The van der Waals surface area contributed by atoms with Crippen molar-refractivity contribution in [2.45, 2.75) is 62.8 Å². The predicted octanol–water partition coefficient (Wildman–Crippen LogP) is 3.77. The number of hydrogen-bond donors (Lipinski definition) is 1. The number of aliphatic hydroxyl groups is 1. The van der Waals surface area contributed by atoms with E-state index in [1.807, 2.05) is 80.6 Å². The summed E-state index contributed by atoms with van der Waals surface area (Å²) in [7, 11) is 0. The number of nitrogens with zero attached hydrogens (tertiary/aromatic N) is 2. The minimum absolute atomic E-state index is 0.263. The standard InChI is InChI=1S/C32H36N2O6/c1-3-23(20-35)34-27-29(37)33(24-14-13-21-11-6-7-12-22(21)19-24)17-10-16-32(27)25(28(34)36)26-30(38)39-18-9-5-8-15-31(26,4-2)40-32/h6-8,10-16,19,23,25-27,35H,3-5,9,17-18,20H2,1-2H3/b15-8-/t23-,25-,26-,27?,31+,32-/m0/s1. The van der Waals surface area contributed by atoms with Gasteiger partial charge in [-0.05, 0) is 48.6 Å². The van der Waals surface area contributed by atoms with E-state index < -0.39 is 41.1 Å². The maximum Gasteiger partial charge on any atom is 0.313 e. The summed E-state index contributed by atoms with van der Waals surface area (Å²) in [6.07, 6.45) is 9.92. The molecule has 1 N–H and O–H groups in total. The number of fused-ring (bicyclic) bond motifs is 3. The molecule has 2 amide bonds. The zero-order chi connectivity index (χ0) is 28.1. The number of hydrogen-bond acceptors (Lipinski definition) is 6. The maximum absolute atomic E-state index is 14.7. The lowest BCUT2D eigenvalue weighted by Crippen LogP contribution is -2.59. The van der Waals surface area contributed by atoms with Gasteiger partial charge in [-0.3, -0.25) is 14.4 Å². The van der Waals surface area contributed by atoms with Gasteiger partial charge in [0, 0.05) is 12.2 Å². The van der Waals surface area contributed by atoms with Gasteiger partial charge in [0.25, 0.3) is 5.91 Å². The molecule has 4 heterocycles. The Hall–Kier alpha value is -3.49. The zero-order valence-corrected chi connectivity index (χ0v) is 23.0. The van der Waals surface area contributed by atoms with Crippen molar-refractivity contribution in [3.05, 3.63) is 66.8 Å². The van der Waals surface area contributed by atoms with Crippen molar-refractivity contribution >= 4 is 34.2 Å². The van der Waals surface area contributed by atoms with Gasteiger partial charge in [0.1, 0.15) is 23.2 Å². The Bertz CT molecular complexity index is 1400. The summed E-state index contributed by atoms with van der Waals surface area (Å²) < 4.78 is 12.6. The van der Waals surface area contributed by atoms with Gasteiger partial charge in [0.2, 0.25) is 5.91 Å². The molecule has 1 spiro atoms. The number of cyclic esters (lactones) is 1. The van der Waals surface area contributed by atoms with Gasteiger partial charge in [-0.1, -0.05) is 68.5 Å². The molecule has 8 heteroatoms. The lowest BCUT2D eigenvalue weighted by atomic mass is 9.73. The normalized spacial score (nSPS) is 33.4. The molecule has 210 valence electrons. The molecule has 0 radical (unpaired) electrons. The van der Waals surface area contributed by atoms with Gasteiger partial charge < -0.3 is 24.4 Å². The summed E-state index contributed by atoms with van der Waals surface area (Å²) in [5.74, 6) is -2.98. The Morgan fingerprint density at radius 3 is 2.55 bits per heavy atom. The third kappa shape index (κ3) is 3.84. The minimum atomic E-state index is -1.38. The fourth-order valence-corrected chi connectivity index (χ4v) is 7.20. The Morgan fingerprint density at radius 2 is 1.80 bits per heavy atom. The number of likely N-dealkylation sites (tertiary alicyclic amines) is 1. The number of aliphatic hydroxyl groups excluding tert-OH is 1. The van der Waals surface area contributed by atoms with Crippen molar-refractivity contribution in [2.75, 3.05) is 24.7 Å². The Balaban J connectivity index is 1.51. The molecule has 2 aromatic rings. The Labute approximate surface area is 234 Å². The molecule has 2 saturated heterocycles. The SMILES string of the molecule is CC[C@@H](CO)N1C(=O)[C@@H]2[C@H]3C(=O)OCCC/C=C\[C@@]3(CC)O[C@@]23C=CCN(c2ccc4ccccc4c2)C(=O)C13. The van der Waals surface area contributed by atoms with E-state index in [9.17, 15) is 19.5 Å². The second-order valence-electron chi connectivity index (χ2n) is 11.2. The molecule has 6 rings (SSSR count). The fraction of sp³-hybridized carbons (Fsp3) is 0.469. The first-order valence-corrected chi connectivity index (χ1v) is 14.4. The van der Waals surface area contributed by atoms with E-state index in [-0.39, 0.29) is 31.6 Å². The summed E-state index contributed by atoms with van der Waals surface area (Å²) in [4.78, 5) is 45.9. The summed E-state index contributed by atoms with van der Waals surface area (Å²) in [5.41, 5.74) is -1.76. The van der Waals surface area contributed by atoms with Crippen molar-refractivity contribution in [3.63, 3.8) is 0 Å². The second-order valence-corrected chi connectivity index (χ2v) is 11.2. The molecule has 2 aromatic carbocycles. The highest BCUT2D eigenvalue weighted by Gasteiger charge is 2.75. The summed E-state index contributed by atoms with van der Waals surface area (Å²) in [5, 5.41) is 12.4.